The fourth-order valence-electron chi connectivity index (χ4n) is 3.09. The summed E-state index contributed by atoms with van der Waals surface area (Å²) in [7, 11) is 1.23. The Morgan fingerprint density at radius 3 is 2.44 bits per heavy atom. The van der Waals surface area contributed by atoms with Crippen LogP contribution in [0, 0.1) is 5.95 Å². The number of rotatable bonds is 2. The van der Waals surface area contributed by atoms with Gasteiger partial charge in [0.05, 0.1) is 50.3 Å². The first-order valence-corrected chi connectivity index (χ1v) is 10.3. The van der Waals surface area contributed by atoms with E-state index in [2.05, 4.69) is 24.7 Å². The molecule has 0 bridgehead atoms. The summed E-state index contributed by atoms with van der Waals surface area (Å²) in [6.45, 7) is 0. The Morgan fingerprint density at radius 2 is 1.68 bits per heavy atom. The molecule has 0 amide bonds. The number of hydrogen-bond acceptors (Lipinski definition) is 8. The Balaban J connectivity index is 0.000000162. The van der Waals surface area contributed by atoms with Crippen LogP contribution in [-0.4, -0.2) is 33.0 Å². The summed E-state index contributed by atoms with van der Waals surface area (Å²) in [4.78, 5) is 38.8. The second kappa shape index (κ2) is 9.90. The summed E-state index contributed by atoms with van der Waals surface area (Å²) in [5, 5.41) is 1.74. The maximum absolute atomic E-state index is 13.6. The lowest BCUT2D eigenvalue weighted by Gasteiger charge is -2.07. The van der Waals surface area contributed by atoms with Gasteiger partial charge in [0, 0.05) is 24.8 Å². The minimum Gasteiger partial charge on any atom is -0.465 e. The van der Waals surface area contributed by atoms with Crippen LogP contribution >= 0.6 is 23.2 Å². The third-order valence-corrected chi connectivity index (χ3v) is 4.98. The molecular weight excluding hydrogens is 486 g/mol. The molecule has 0 saturated heterocycles. The van der Waals surface area contributed by atoms with Crippen molar-refractivity contribution in [2.24, 2.45) is 0 Å². The summed E-state index contributed by atoms with van der Waals surface area (Å²) in [6.07, 6.45) is 5.70. The van der Waals surface area contributed by atoms with E-state index in [0.29, 0.717) is 21.3 Å². The average molecular weight is 499 g/mol. The number of esters is 1. The summed E-state index contributed by atoms with van der Waals surface area (Å²) >= 11 is 11.5. The van der Waals surface area contributed by atoms with Crippen LogP contribution in [0.2, 0.25) is 10.0 Å². The Morgan fingerprint density at radius 1 is 0.971 bits per heavy atom. The van der Waals surface area contributed by atoms with E-state index in [1.54, 1.807) is 30.5 Å². The van der Waals surface area contributed by atoms with Gasteiger partial charge in [-0.15, -0.1) is 0 Å². The van der Waals surface area contributed by atoms with Crippen LogP contribution in [0.5, 0.6) is 0 Å². The Labute approximate surface area is 201 Å². The Bertz CT molecular complexity index is 1590. The van der Waals surface area contributed by atoms with Gasteiger partial charge in [-0.3, -0.25) is 9.97 Å². The van der Waals surface area contributed by atoms with E-state index in [1.165, 1.54) is 37.8 Å². The molecule has 34 heavy (non-hydrogen) atoms. The van der Waals surface area contributed by atoms with Crippen LogP contribution in [0.15, 0.2) is 70.4 Å². The molecule has 0 aromatic carbocycles. The topological polar surface area (TPSA) is 108 Å². The Kier molecular flexibility index (Phi) is 6.76. The molecule has 0 saturated carbocycles. The second-order valence-electron chi connectivity index (χ2n) is 6.68. The average Bonchev–Trinajstić information content (AvgIpc) is 2.84. The zero-order chi connectivity index (χ0) is 24.2. The molecule has 170 valence electrons. The zero-order valence-corrected chi connectivity index (χ0v) is 18.8. The summed E-state index contributed by atoms with van der Waals surface area (Å²) in [5.41, 5.74) is 0.734. The van der Waals surface area contributed by atoms with Crippen LogP contribution in [-0.2, 0) is 4.74 Å². The number of carbonyl (C=O) groups is 1. The minimum absolute atomic E-state index is 0.0944. The molecule has 0 atom stereocenters. The number of nitrogens with zero attached hydrogens (tertiary/aromatic N) is 4. The maximum Gasteiger partial charge on any atom is 0.347 e. The van der Waals surface area contributed by atoms with E-state index in [-0.39, 0.29) is 27.6 Å². The van der Waals surface area contributed by atoms with Gasteiger partial charge in [-0.05, 0) is 36.4 Å². The van der Waals surface area contributed by atoms with Crippen LogP contribution in [0.1, 0.15) is 10.4 Å². The SMILES string of the molecule is COC(=O)c1cc(Cl)cnc1-c1cccnc1F.O=c1oc2ncccc2c2ncc(Cl)cc12. The number of carbonyl (C=O) groups excluding carboxylic acids is 1. The number of pyridine rings is 4. The molecule has 0 fully saturated rings. The molecule has 5 heterocycles. The Hall–Kier alpha value is -3.95. The highest BCUT2D eigenvalue weighted by Gasteiger charge is 2.18. The lowest BCUT2D eigenvalue weighted by Crippen LogP contribution is -2.06. The van der Waals surface area contributed by atoms with Crippen LogP contribution in [0.4, 0.5) is 4.39 Å². The molecule has 0 aliphatic heterocycles. The van der Waals surface area contributed by atoms with Gasteiger partial charge >= 0.3 is 11.6 Å². The molecule has 0 radical (unpaired) electrons. The predicted octanol–water partition coefficient (Wildman–Crippen LogP) is 5.11. The highest BCUT2D eigenvalue weighted by atomic mass is 35.5. The van der Waals surface area contributed by atoms with Crippen LogP contribution in [0.25, 0.3) is 33.3 Å². The van der Waals surface area contributed by atoms with Gasteiger partial charge < -0.3 is 9.15 Å². The summed E-state index contributed by atoms with van der Waals surface area (Å²) in [6, 6.07) is 9.51. The van der Waals surface area contributed by atoms with Crippen molar-refractivity contribution >= 4 is 51.2 Å². The standard InChI is InChI=1S/C12H8ClFN2O2.C11H5ClN2O2/c1-18-12(17)9-5-7(13)6-16-10(9)8-3-2-4-15-11(8)14;12-6-4-8-9(14-5-6)7-2-1-3-13-10(7)16-11(8)15/h2-6H,1H3;1-5H. The highest BCUT2D eigenvalue weighted by molar-refractivity contribution is 6.31. The van der Waals surface area contributed by atoms with E-state index >= 15 is 0 Å². The maximum atomic E-state index is 13.6. The molecule has 5 aromatic rings. The summed E-state index contributed by atoms with van der Waals surface area (Å²) < 4.78 is 23.3. The van der Waals surface area contributed by atoms with Crippen LogP contribution < -0.4 is 5.63 Å². The number of ether oxygens (including phenoxy) is 1. The molecule has 0 aliphatic carbocycles. The molecule has 8 nitrogen and oxygen atoms in total. The van der Waals surface area contributed by atoms with E-state index in [0.717, 1.165) is 0 Å². The van der Waals surface area contributed by atoms with Crippen LogP contribution in [0.3, 0.4) is 0 Å². The predicted molar refractivity (Wildman–Crippen MR) is 124 cm³/mol. The van der Waals surface area contributed by atoms with Crippen molar-refractivity contribution in [3.8, 4) is 11.3 Å². The largest absolute Gasteiger partial charge is 0.465 e. The van der Waals surface area contributed by atoms with E-state index < -0.39 is 17.5 Å². The van der Waals surface area contributed by atoms with E-state index in [4.69, 9.17) is 27.6 Å². The molecule has 5 rings (SSSR count). The molecule has 11 heteroatoms. The first-order chi connectivity index (χ1) is 16.4. The molecular formula is C23H13Cl2FN4O4. The van der Waals surface area contributed by atoms with Crippen molar-refractivity contribution in [2.75, 3.05) is 7.11 Å². The molecule has 5 aromatic heterocycles. The third-order valence-electron chi connectivity index (χ3n) is 4.56. The van der Waals surface area contributed by atoms with Gasteiger partial charge in [0.15, 0.2) is 0 Å². The number of aromatic nitrogens is 4. The molecule has 0 aliphatic rings. The van der Waals surface area contributed by atoms with Gasteiger partial charge in [-0.1, -0.05) is 23.2 Å². The first kappa shape index (κ1) is 23.2. The van der Waals surface area contributed by atoms with Crippen molar-refractivity contribution < 1.29 is 18.3 Å². The minimum atomic E-state index is -0.711. The summed E-state index contributed by atoms with van der Waals surface area (Å²) in [5.74, 6) is -1.35. The van der Waals surface area contributed by atoms with Gasteiger partial charge in [0.1, 0.15) is 0 Å². The molecule has 0 N–H and O–H groups in total. The van der Waals surface area contributed by atoms with Crippen molar-refractivity contribution in [1.29, 1.82) is 0 Å². The number of fused-ring (bicyclic) bond motifs is 3. The van der Waals surface area contributed by atoms with Crippen molar-refractivity contribution in [2.45, 2.75) is 0 Å². The monoisotopic (exact) mass is 498 g/mol. The van der Waals surface area contributed by atoms with E-state index in [9.17, 15) is 14.0 Å². The second-order valence-corrected chi connectivity index (χ2v) is 7.55. The van der Waals surface area contributed by atoms with Crippen molar-refractivity contribution in [1.82, 2.24) is 19.9 Å². The zero-order valence-electron chi connectivity index (χ0n) is 17.3. The molecule has 0 spiro atoms. The van der Waals surface area contributed by atoms with Gasteiger partial charge in [-0.25, -0.2) is 19.6 Å². The van der Waals surface area contributed by atoms with Crippen molar-refractivity contribution in [3.63, 3.8) is 0 Å². The highest BCUT2D eigenvalue weighted by Crippen LogP contribution is 2.26. The quantitative estimate of drug-likeness (QED) is 0.187. The van der Waals surface area contributed by atoms with Gasteiger partial charge in [-0.2, -0.15) is 4.39 Å². The van der Waals surface area contributed by atoms with Gasteiger partial charge in [0.25, 0.3) is 0 Å². The smallest absolute Gasteiger partial charge is 0.347 e. The fraction of sp³-hybridized carbons (Fsp3) is 0.0435. The number of halogens is 3. The van der Waals surface area contributed by atoms with Gasteiger partial charge in [0.2, 0.25) is 11.7 Å². The number of hydrogen-bond donors (Lipinski definition) is 0. The lowest BCUT2D eigenvalue weighted by molar-refractivity contribution is 0.0601. The van der Waals surface area contributed by atoms with E-state index in [1.807, 2.05) is 0 Å². The molecule has 0 unspecified atom stereocenters. The van der Waals surface area contributed by atoms with Crippen molar-refractivity contribution in [3.05, 3.63) is 93.2 Å². The first-order valence-electron chi connectivity index (χ1n) is 9.57. The fourth-order valence-corrected chi connectivity index (χ4v) is 3.40. The number of methoxy groups -OCH3 is 1. The third kappa shape index (κ3) is 4.70. The lowest BCUT2D eigenvalue weighted by atomic mass is 10.1. The normalized spacial score (nSPS) is 10.6.